The molecule has 1 atom stereocenters. The third kappa shape index (κ3) is 53.9. The normalized spacial score (nSPS) is 12.5. The first-order valence-electron chi connectivity index (χ1n) is 28.8. The standard InChI is InChI=1S/C61H108O6/c1-4-7-10-13-16-19-22-25-28-29-30-31-34-36-39-42-45-48-51-54-60(63)66-57-58(67-61(64)55-52-49-46-43-40-37-33-27-24-21-18-15-12-9-6-3)56-65-59(62)53-50-47-44-41-38-35-32-26-23-20-17-14-11-8-5-2/h16,18-19,21,25,27-28,30-31,33,58H,4-15,17,20,22-24,26,29,32,34-57H2,1-3H3/b19-16-,21-18-,28-25-,31-30-,33-27-/t58-/m1/s1. The molecule has 0 amide bonds. The minimum absolute atomic E-state index is 0.0818. The Labute approximate surface area is 415 Å². The van der Waals surface area contributed by atoms with Crippen LogP contribution in [0, 0.1) is 0 Å². The topological polar surface area (TPSA) is 78.9 Å². The summed E-state index contributed by atoms with van der Waals surface area (Å²) in [5.41, 5.74) is 0. The Hall–Kier alpha value is -2.89. The summed E-state index contributed by atoms with van der Waals surface area (Å²) in [4.78, 5) is 38.1. The van der Waals surface area contributed by atoms with Crippen molar-refractivity contribution < 1.29 is 28.6 Å². The Morgan fingerprint density at radius 1 is 0.299 bits per heavy atom. The van der Waals surface area contributed by atoms with Gasteiger partial charge in [-0.15, -0.1) is 0 Å². The van der Waals surface area contributed by atoms with E-state index in [-0.39, 0.29) is 31.1 Å². The van der Waals surface area contributed by atoms with Crippen LogP contribution < -0.4 is 0 Å². The fourth-order valence-electron chi connectivity index (χ4n) is 8.13. The van der Waals surface area contributed by atoms with Crippen molar-refractivity contribution in [2.75, 3.05) is 13.2 Å². The summed E-state index contributed by atoms with van der Waals surface area (Å²) in [7, 11) is 0. The van der Waals surface area contributed by atoms with Gasteiger partial charge in [0.05, 0.1) is 0 Å². The second-order valence-electron chi connectivity index (χ2n) is 19.2. The number of rotatable bonds is 52. The van der Waals surface area contributed by atoms with Gasteiger partial charge in [0.2, 0.25) is 0 Å². The van der Waals surface area contributed by atoms with Crippen LogP contribution in [0.5, 0.6) is 0 Å². The van der Waals surface area contributed by atoms with E-state index in [1.807, 2.05) is 0 Å². The second-order valence-corrected chi connectivity index (χ2v) is 19.2. The molecule has 0 unspecified atom stereocenters. The minimum Gasteiger partial charge on any atom is -0.462 e. The summed E-state index contributed by atoms with van der Waals surface area (Å²) in [6, 6.07) is 0. The van der Waals surface area contributed by atoms with Gasteiger partial charge in [-0.05, 0) is 89.9 Å². The van der Waals surface area contributed by atoms with E-state index in [4.69, 9.17) is 14.2 Å². The van der Waals surface area contributed by atoms with Crippen molar-refractivity contribution in [3.63, 3.8) is 0 Å². The van der Waals surface area contributed by atoms with Gasteiger partial charge >= 0.3 is 17.9 Å². The number of unbranched alkanes of at least 4 members (excludes halogenated alkanes) is 31. The number of allylic oxidation sites excluding steroid dienone is 10. The van der Waals surface area contributed by atoms with Crippen molar-refractivity contribution in [3.05, 3.63) is 60.8 Å². The van der Waals surface area contributed by atoms with Crippen LogP contribution in [0.1, 0.15) is 290 Å². The quantitative estimate of drug-likeness (QED) is 0.0262. The van der Waals surface area contributed by atoms with Gasteiger partial charge in [-0.1, -0.05) is 242 Å². The Balaban J connectivity index is 4.40. The summed E-state index contributed by atoms with van der Waals surface area (Å²) in [6.07, 6.45) is 69.1. The van der Waals surface area contributed by atoms with Crippen molar-refractivity contribution in [1.29, 1.82) is 0 Å². The third-order valence-corrected chi connectivity index (χ3v) is 12.5. The number of esters is 3. The van der Waals surface area contributed by atoms with Crippen LogP contribution in [0.25, 0.3) is 0 Å². The zero-order chi connectivity index (χ0) is 48.6. The van der Waals surface area contributed by atoms with Crippen LogP contribution in [0.4, 0.5) is 0 Å². The number of carbonyl (C=O) groups excluding carboxylic acids is 3. The molecule has 388 valence electrons. The van der Waals surface area contributed by atoms with Gasteiger partial charge in [0.25, 0.3) is 0 Å². The van der Waals surface area contributed by atoms with Crippen LogP contribution >= 0.6 is 0 Å². The van der Waals surface area contributed by atoms with Crippen molar-refractivity contribution in [1.82, 2.24) is 0 Å². The largest absolute Gasteiger partial charge is 0.462 e. The number of hydrogen-bond donors (Lipinski definition) is 0. The third-order valence-electron chi connectivity index (χ3n) is 12.5. The predicted molar refractivity (Wildman–Crippen MR) is 288 cm³/mol. The van der Waals surface area contributed by atoms with Gasteiger partial charge in [-0.25, -0.2) is 0 Å². The summed E-state index contributed by atoms with van der Waals surface area (Å²) in [5.74, 6) is -0.897. The molecule has 0 aromatic rings. The predicted octanol–water partition coefficient (Wildman–Crippen LogP) is 19.2. The highest BCUT2D eigenvalue weighted by atomic mass is 16.6. The number of hydrogen-bond acceptors (Lipinski definition) is 6. The summed E-state index contributed by atoms with van der Waals surface area (Å²) in [5, 5.41) is 0. The fourth-order valence-corrected chi connectivity index (χ4v) is 8.13. The van der Waals surface area contributed by atoms with Crippen molar-refractivity contribution >= 4 is 17.9 Å². The van der Waals surface area contributed by atoms with Gasteiger partial charge in [0.15, 0.2) is 6.10 Å². The van der Waals surface area contributed by atoms with Gasteiger partial charge in [-0.3, -0.25) is 14.4 Å². The lowest BCUT2D eigenvalue weighted by molar-refractivity contribution is -0.167. The Kier molecular flexibility index (Phi) is 53.3. The maximum absolute atomic E-state index is 12.8. The van der Waals surface area contributed by atoms with Crippen molar-refractivity contribution in [3.8, 4) is 0 Å². The van der Waals surface area contributed by atoms with Gasteiger partial charge in [0, 0.05) is 19.3 Å². The van der Waals surface area contributed by atoms with E-state index in [0.717, 1.165) is 103 Å². The van der Waals surface area contributed by atoms with E-state index in [1.165, 1.54) is 148 Å². The molecule has 0 aliphatic heterocycles. The van der Waals surface area contributed by atoms with E-state index in [0.29, 0.717) is 19.3 Å². The summed E-state index contributed by atoms with van der Waals surface area (Å²) < 4.78 is 16.9. The molecule has 0 aliphatic rings. The summed E-state index contributed by atoms with van der Waals surface area (Å²) >= 11 is 0. The molecule has 6 nitrogen and oxygen atoms in total. The molecular weight excluding hydrogens is 829 g/mol. The smallest absolute Gasteiger partial charge is 0.306 e. The zero-order valence-electron chi connectivity index (χ0n) is 44.4. The first-order chi connectivity index (χ1) is 33.0. The Morgan fingerprint density at radius 2 is 0.537 bits per heavy atom. The van der Waals surface area contributed by atoms with E-state index >= 15 is 0 Å². The van der Waals surface area contributed by atoms with E-state index < -0.39 is 6.10 Å². The van der Waals surface area contributed by atoms with Crippen LogP contribution in [0.2, 0.25) is 0 Å². The number of ether oxygens (including phenoxy) is 3. The molecule has 0 aromatic carbocycles. The molecule has 0 spiro atoms. The molecule has 67 heavy (non-hydrogen) atoms. The SMILES string of the molecule is CCCCC/C=C\C/C=C\C/C=C\CCCCCCCCC(=O)OC[C@@H](COC(=O)CCCCCCCCCCCCCCCCC)OC(=O)CCCCCCC/C=C\C/C=C\CCCCC. The lowest BCUT2D eigenvalue weighted by Gasteiger charge is -2.18. The van der Waals surface area contributed by atoms with Gasteiger partial charge in [-0.2, -0.15) is 0 Å². The van der Waals surface area contributed by atoms with Crippen LogP contribution in [0.15, 0.2) is 60.8 Å². The molecule has 0 fully saturated rings. The molecule has 0 saturated heterocycles. The molecule has 0 saturated carbocycles. The Morgan fingerprint density at radius 3 is 0.866 bits per heavy atom. The maximum atomic E-state index is 12.8. The molecule has 0 N–H and O–H groups in total. The molecule has 0 rings (SSSR count). The average molecular weight is 938 g/mol. The van der Waals surface area contributed by atoms with E-state index in [2.05, 4.69) is 81.5 Å². The maximum Gasteiger partial charge on any atom is 0.306 e. The second kappa shape index (κ2) is 55.7. The van der Waals surface area contributed by atoms with Crippen molar-refractivity contribution in [2.45, 2.75) is 297 Å². The van der Waals surface area contributed by atoms with Crippen molar-refractivity contribution in [2.24, 2.45) is 0 Å². The molecular formula is C61H108O6. The van der Waals surface area contributed by atoms with Crippen LogP contribution in [-0.2, 0) is 28.6 Å². The zero-order valence-corrected chi connectivity index (χ0v) is 44.4. The first-order valence-corrected chi connectivity index (χ1v) is 28.8. The van der Waals surface area contributed by atoms with Crippen LogP contribution in [-0.4, -0.2) is 37.2 Å². The lowest BCUT2D eigenvalue weighted by atomic mass is 10.0. The highest BCUT2D eigenvalue weighted by Crippen LogP contribution is 2.16. The molecule has 0 radical (unpaired) electrons. The highest BCUT2D eigenvalue weighted by Gasteiger charge is 2.19. The van der Waals surface area contributed by atoms with Gasteiger partial charge < -0.3 is 14.2 Å². The highest BCUT2D eigenvalue weighted by molar-refractivity contribution is 5.71. The average Bonchev–Trinajstić information content (AvgIpc) is 3.33. The molecule has 0 aliphatic carbocycles. The monoisotopic (exact) mass is 937 g/mol. The minimum atomic E-state index is -0.785. The fraction of sp³-hybridized carbons (Fsp3) is 0.787. The molecule has 6 heteroatoms. The first kappa shape index (κ1) is 64.1. The number of carbonyl (C=O) groups is 3. The summed E-state index contributed by atoms with van der Waals surface area (Å²) in [6.45, 7) is 6.59. The Bertz CT molecular complexity index is 1210. The van der Waals surface area contributed by atoms with E-state index in [9.17, 15) is 14.4 Å². The lowest BCUT2D eigenvalue weighted by Crippen LogP contribution is -2.30. The molecule has 0 heterocycles. The van der Waals surface area contributed by atoms with E-state index in [1.54, 1.807) is 0 Å². The molecule has 0 aromatic heterocycles. The molecule has 0 bridgehead atoms. The van der Waals surface area contributed by atoms with Crippen LogP contribution in [0.3, 0.4) is 0 Å². The van der Waals surface area contributed by atoms with Gasteiger partial charge in [0.1, 0.15) is 13.2 Å².